The minimum atomic E-state index is -0.921. The first-order chi connectivity index (χ1) is 12.4. The van der Waals surface area contributed by atoms with E-state index in [9.17, 15) is 9.59 Å². The molecule has 0 heterocycles. The highest BCUT2D eigenvalue weighted by atomic mass is 16.4. The van der Waals surface area contributed by atoms with Crippen molar-refractivity contribution < 1.29 is 19.8 Å². The molecule has 0 radical (unpaired) electrons. The molecule has 26 heavy (non-hydrogen) atoms. The lowest BCUT2D eigenvalue weighted by molar-refractivity contribution is -0.133. The minimum absolute atomic E-state index is 0.298. The van der Waals surface area contributed by atoms with Gasteiger partial charge in [0.15, 0.2) is 0 Å². The molecule has 0 amide bonds. The zero-order valence-corrected chi connectivity index (χ0v) is 14.9. The molecule has 4 heteroatoms. The number of rotatable bonds is 7. The van der Waals surface area contributed by atoms with Gasteiger partial charge in [-0.3, -0.25) is 0 Å². The van der Waals surface area contributed by atoms with E-state index >= 15 is 0 Å². The van der Waals surface area contributed by atoms with E-state index in [4.69, 9.17) is 10.2 Å². The third kappa shape index (κ3) is 5.45. The van der Waals surface area contributed by atoms with Crippen molar-refractivity contribution in [1.29, 1.82) is 0 Å². The molecule has 2 N–H and O–H groups in total. The molecule has 2 aromatic carbocycles. The topological polar surface area (TPSA) is 74.6 Å². The van der Waals surface area contributed by atoms with Crippen LogP contribution in [0.2, 0.25) is 0 Å². The van der Waals surface area contributed by atoms with Crippen molar-refractivity contribution in [2.45, 2.75) is 26.7 Å². The Kier molecular flexibility index (Phi) is 6.50. The lowest BCUT2D eigenvalue weighted by Crippen LogP contribution is -1.98. The van der Waals surface area contributed by atoms with Crippen LogP contribution in [0.4, 0.5) is 0 Å². The van der Waals surface area contributed by atoms with E-state index in [1.165, 1.54) is 0 Å². The third-order valence-electron chi connectivity index (χ3n) is 4.15. The van der Waals surface area contributed by atoms with Crippen LogP contribution in [0.15, 0.2) is 59.7 Å². The second-order valence-corrected chi connectivity index (χ2v) is 6.21. The highest BCUT2D eigenvalue weighted by Gasteiger charge is 2.05. The van der Waals surface area contributed by atoms with Gasteiger partial charge in [0.1, 0.15) is 0 Å². The lowest BCUT2D eigenvalue weighted by Gasteiger charge is -2.07. The number of aliphatic carboxylic acids is 2. The molecule has 0 saturated carbocycles. The first-order valence-corrected chi connectivity index (χ1v) is 8.37. The average Bonchev–Trinajstić information content (AvgIpc) is 2.62. The molecule has 4 nitrogen and oxygen atoms in total. The Bertz CT molecular complexity index is 858. The van der Waals surface area contributed by atoms with Gasteiger partial charge in [0.2, 0.25) is 0 Å². The third-order valence-corrected chi connectivity index (χ3v) is 4.15. The Balaban J connectivity index is 2.10. The number of carboxylic acids is 2. The van der Waals surface area contributed by atoms with Crippen LogP contribution in [-0.4, -0.2) is 22.2 Å². The summed E-state index contributed by atoms with van der Waals surface area (Å²) in [5, 5.41) is 18.0. The molecule has 0 aliphatic heterocycles. The maximum Gasteiger partial charge on any atom is 0.331 e. The van der Waals surface area contributed by atoms with Gasteiger partial charge in [-0.1, -0.05) is 48.5 Å². The van der Waals surface area contributed by atoms with Gasteiger partial charge in [-0.2, -0.15) is 0 Å². The Labute approximate surface area is 153 Å². The fraction of sp³-hybridized carbons (Fsp3) is 0.182. The van der Waals surface area contributed by atoms with Crippen molar-refractivity contribution in [3.05, 3.63) is 81.9 Å². The van der Waals surface area contributed by atoms with Crippen LogP contribution in [-0.2, 0) is 22.4 Å². The van der Waals surface area contributed by atoms with E-state index in [1.807, 2.05) is 48.5 Å². The fourth-order valence-electron chi connectivity index (χ4n) is 2.57. The lowest BCUT2D eigenvalue weighted by atomic mass is 9.98. The highest BCUT2D eigenvalue weighted by molar-refractivity contribution is 5.92. The summed E-state index contributed by atoms with van der Waals surface area (Å²) in [5.74, 6) is -1.84. The van der Waals surface area contributed by atoms with E-state index in [2.05, 4.69) is 0 Å². The molecule has 0 spiro atoms. The molecule has 0 aliphatic carbocycles. The molecule has 2 rings (SSSR count). The largest absolute Gasteiger partial charge is 0.478 e. The standard InChI is InChI=1S/C22H22O4/c1-15(21(23)24)13-18-9-7-17(8-10-18)11-12-19-5-3-4-6-20(19)14-16(2)22(25)26/h3-10,13-14H,11-12H2,1-2H3,(H,23,24)(H,25,26). The quantitative estimate of drug-likeness (QED) is 0.724. The van der Waals surface area contributed by atoms with Crippen molar-refractivity contribution in [3.8, 4) is 0 Å². The molecule has 0 atom stereocenters. The van der Waals surface area contributed by atoms with E-state index < -0.39 is 11.9 Å². The van der Waals surface area contributed by atoms with Crippen LogP contribution >= 0.6 is 0 Å². The number of carbonyl (C=O) groups is 2. The van der Waals surface area contributed by atoms with E-state index in [1.54, 1.807) is 26.0 Å². The summed E-state index contributed by atoms with van der Waals surface area (Å²) in [4.78, 5) is 21.9. The molecule has 0 bridgehead atoms. The predicted octanol–water partition coefficient (Wildman–Crippen LogP) is 4.45. The van der Waals surface area contributed by atoms with Crippen molar-refractivity contribution in [2.24, 2.45) is 0 Å². The molecule has 0 aromatic heterocycles. The monoisotopic (exact) mass is 350 g/mol. The predicted molar refractivity (Wildman–Crippen MR) is 103 cm³/mol. The molecule has 0 unspecified atom stereocenters. The van der Waals surface area contributed by atoms with Crippen molar-refractivity contribution in [1.82, 2.24) is 0 Å². The van der Waals surface area contributed by atoms with E-state index in [0.717, 1.165) is 35.1 Å². The maximum absolute atomic E-state index is 11.0. The summed E-state index contributed by atoms with van der Waals surface area (Å²) < 4.78 is 0. The first-order valence-electron chi connectivity index (χ1n) is 8.37. The van der Waals surface area contributed by atoms with Crippen molar-refractivity contribution in [2.75, 3.05) is 0 Å². The van der Waals surface area contributed by atoms with Gasteiger partial charge in [-0.25, -0.2) is 9.59 Å². The van der Waals surface area contributed by atoms with Crippen LogP contribution in [0.1, 0.15) is 36.1 Å². The van der Waals surface area contributed by atoms with Crippen LogP contribution in [0.5, 0.6) is 0 Å². The van der Waals surface area contributed by atoms with Crippen LogP contribution in [0, 0.1) is 0 Å². The van der Waals surface area contributed by atoms with Crippen LogP contribution < -0.4 is 0 Å². The van der Waals surface area contributed by atoms with E-state index in [0.29, 0.717) is 11.1 Å². The zero-order chi connectivity index (χ0) is 19.1. The summed E-state index contributed by atoms with van der Waals surface area (Å²) in [6.45, 7) is 3.16. The fourth-order valence-corrected chi connectivity index (χ4v) is 2.57. The molecule has 0 aliphatic rings. The molecule has 0 saturated heterocycles. The Morgan fingerprint density at radius 2 is 1.38 bits per heavy atom. The number of hydrogen-bond donors (Lipinski definition) is 2. The smallest absolute Gasteiger partial charge is 0.331 e. The number of carboxylic acid groups (broad SMARTS) is 2. The second-order valence-electron chi connectivity index (χ2n) is 6.21. The van der Waals surface area contributed by atoms with E-state index in [-0.39, 0.29) is 0 Å². The summed E-state index contributed by atoms with van der Waals surface area (Å²) in [6, 6.07) is 15.6. The van der Waals surface area contributed by atoms with Crippen molar-refractivity contribution >= 4 is 24.1 Å². The van der Waals surface area contributed by atoms with Crippen LogP contribution in [0.3, 0.4) is 0 Å². The maximum atomic E-state index is 11.0. The summed E-state index contributed by atoms with van der Waals surface area (Å²) in [7, 11) is 0. The Morgan fingerprint density at radius 1 is 0.808 bits per heavy atom. The number of hydrogen-bond acceptors (Lipinski definition) is 2. The van der Waals surface area contributed by atoms with Gasteiger partial charge in [0.05, 0.1) is 0 Å². The Hall–Kier alpha value is -3.14. The molecular formula is C22H22O4. The summed E-state index contributed by atoms with van der Waals surface area (Å²) in [5.41, 5.74) is 4.62. The number of aryl methyl sites for hydroxylation is 2. The van der Waals surface area contributed by atoms with Gasteiger partial charge in [0, 0.05) is 11.1 Å². The SMILES string of the molecule is CC(=Cc1ccc(CCc2ccccc2C=C(C)C(=O)O)cc1)C(=O)O. The highest BCUT2D eigenvalue weighted by Crippen LogP contribution is 2.17. The van der Waals surface area contributed by atoms with Gasteiger partial charge in [-0.05, 0) is 61.1 Å². The zero-order valence-electron chi connectivity index (χ0n) is 14.9. The van der Waals surface area contributed by atoms with Gasteiger partial charge < -0.3 is 10.2 Å². The van der Waals surface area contributed by atoms with Crippen molar-refractivity contribution in [3.63, 3.8) is 0 Å². The minimum Gasteiger partial charge on any atom is -0.478 e. The summed E-state index contributed by atoms with van der Waals surface area (Å²) in [6.07, 6.45) is 4.95. The Morgan fingerprint density at radius 3 is 2.00 bits per heavy atom. The normalized spacial score (nSPS) is 12.1. The molecule has 134 valence electrons. The van der Waals surface area contributed by atoms with Crippen LogP contribution in [0.25, 0.3) is 12.2 Å². The number of benzene rings is 2. The van der Waals surface area contributed by atoms with Gasteiger partial charge in [-0.15, -0.1) is 0 Å². The summed E-state index contributed by atoms with van der Waals surface area (Å²) >= 11 is 0. The molecular weight excluding hydrogens is 328 g/mol. The molecule has 0 fully saturated rings. The second kappa shape index (κ2) is 8.81. The first kappa shape index (κ1) is 19.2. The van der Waals surface area contributed by atoms with Gasteiger partial charge in [0.25, 0.3) is 0 Å². The molecule has 2 aromatic rings. The average molecular weight is 350 g/mol. The van der Waals surface area contributed by atoms with Gasteiger partial charge >= 0.3 is 11.9 Å².